The van der Waals surface area contributed by atoms with Gasteiger partial charge in [0.1, 0.15) is 5.82 Å². The first-order valence-corrected chi connectivity index (χ1v) is 35.9. The number of hydrogen-bond acceptors (Lipinski definition) is 6. The standard InChI is InChI=1S/C94H55N5S2/c1-3-21-57(22-4-1)91-96-92(98-93(97-91)90-74-36-15-13-34-72(74)89(73-35-14-16-37-75(73)90)64-43-47-83-77(52-64)79-50-59-25-7-8-26-60(59)54-85(79)100-83)65-29-19-27-61(49-65)67-38-20-28-62-51-80-78-53-63(44-48-84(78)101-86(80)55-76(62)67)88-70-32-11-9-30-68(70)87(69-31-10-12-33-71(69)88)56-41-45-66(46-42-56)99-82-40-18-17-39-81(82)95-94(99)58-23-5-2-6-24-58/h1-55H. The molecule has 7 heteroatoms. The first kappa shape index (κ1) is 57.3. The van der Waals surface area contributed by atoms with Crippen LogP contribution in [0.4, 0.5) is 0 Å². The monoisotopic (exact) mass is 1320 g/mol. The van der Waals surface area contributed by atoms with Gasteiger partial charge in [0.25, 0.3) is 0 Å². The molecule has 0 spiro atoms. The number of nitrogens with zero attached hydrogens (tertiary/aromatic N) is 5. The zero-order valence-electron chi connectivity index (χ0n) is 54.3. The maximum Gasteiger partial charge on any atom is 0.165 e. The number of fused-ring (bicyclic) bond motifs is 13. The number of para-hydroxylation sites is 2. The van der Waals surface area contributed by atoms with E-state index in [1.54, 1.807) is 0 Å². The lowest BCUT2D eigenvalue weighted by molar-refractivity contribution is 1.08. The summed E-state index contributed by atoms with van der Waals surface area (Å²) >= 11 is 3.72. The molecule has 0 aliphatic rings. The van der Waals surface area contributed by atoms with Crippen molar-refractivity contribution in [3.8, 4) is 95.7 Å². The Morgan fingerprint density at radius 1 is 0.218 bits per heavy atom. The number of hydrogen-bond donors (Lipinski definition) is 0. The molecule has 0 aliphatic carbocycles. The summed E-state index contributed by atoms with van der Waals surface area (Å²) < 4.78 is 7.37. The Balaban J connectivity index is 0.661. The largest absolute Gasteiger partial charge is 0.292 e. The van der Waals surface area contributed by atoms with Crippen molar-refractivity contribution in [1.29, 1.82) is 0 Å². The van der Waals surface area contributed by atoms with Crippen molar-refractivity contribution in [2.24, 2.45) is 0 Å². The molecule has 0 bridgehead atoms. The van der Waals surface area contributed by atoms with E-state index in [9.17, 15) is 0 Å². The molecule has 0 radical (unpaired) electrons. The van der Waals surface area contributed by atoms with Gasteiger partial charge in [0.05, 0.1) is 11.0 Å². The Morgan fingerprint density at radius 2 is 0.644 bits per heavy atom. The van der Waals surface area contributed by atoms with E-state index in [0.717, 1.165) is 77.5 Å². The average molecular weight is 1320 g/mol. The van der Waals surface area contributed by atoms with Gasteiger partial charge in [-0.05, 0) is 188 Å². The lowest BCUT2D eigenvalue weighted by atomic mass is 9.85. The molecule has 0 aliphatic heterocycles. The van der Waals surface area contributed by atoms with Crippen molar-refractivity contribution < 1.29 is 0 Å². The molecule has 21 aromatic rings. The molecule has 0 fully saturated rings. The van der Waals surface area contributed by atoms with Crippen LogP contribution < -0.4 is 0 Å². The van der Waals surface area contributed by atoms with Gasteiger partial charge >= 0.3 is 0 Å². The summed E-state index contributed by atoms with van der Waals surface area (Å²) in [6, 6.07) is 122. The van der Waals surface area contributed by atoms with Gasteiger partial charge in [0, 0.05) is 68.3 Å². The predicted molar refractivity (Wildman–Crippen MR) is 429 cm³/mol. The molecule has 0 atom stereocenters. The van der Waals surface area contributed by atoms with Crippen molar-refractivity contribution in [2.75, 3.05) is 0 Å². The van der Waals surface area contributed by atoms with Gasteiger partial charge in [-0.25, -0.2) is 19.9 Å². The topological polar surface area (TPSA) is 56.5 Å². The normalized spacial score (nSPS) is 12.0. The minimum Gasteiger partial charge on any atom is -0.292 e. The van der Waals surface area contributed by atoms with Crippen molar-refractivity contribution in [2.45, 2.75) is 0 Å². The Bertz CT molecular complexity index is 6890. The predicted octanol–water partition coefficient (Wildman–Crippen LogP) is 26.2. The van der Waals surface area contributed by atoms with Crippen LogP contribution in [0.5, 0.6) is 0 Å². The van der Waals surface area contributed by atoms with Gasteiger partial charge in [0.15, 0.2) is 17.5 Å². The van der Waals surface area contributed by atoms with E-state index in [0.29, 0.717) is 17.5 Å². The van der Waals surface area contributed by atoms with Gasteiger partial charge in [-0.15, -0.1) is 22.7 Å². The molecule has 101 heavy (non-hydrogen) atoms. The maximum atomic E-state index is 5.55. The van der Waals surface area contributed by atoms with Crippen LogP contribution >= 0.6 is 22.7 Å². The Hall–Kier alpha value is -12.8. The van der Waals surface area contributed by atoms with E-state index >= 15 is 0 Å². The summed E-state index contributed by atoms with van der Waals surface area (Å²) in [5, 5.41) is 19.3. The smallest absolute Gasteiger partial charge is 0.165 e. The number of benzene rings is 17. The van der Waals surface area contributed by atoms with Gasteiger partial charge in [-0.3, -0.25) is 4.57 Å². The molecular formula is C94H55N5S2. The van der Waals surface area contributed by atoms with Crippen molar-refractivity contribution in [3.05, 3.63) is 334 Å². The van der Waals surface area contributed by atoms with Crippen molar-refractivity contribution >= 4 is 139 Å². The quantitative estimate of drug-likeness (QED) is 0.135. The molecule has 0 saturated carbocycles. The van der Waals surface area contributed by atoms with Crippen LogP contribution in [0.15, 0.2) is 334 Å². The van der Waals surface area contributed by atoms with Crippen LogP contribution in [0.3, 0.4) is 0 Å². The molecule has 468 valence electrons. The summed E-state index contributed by atoms with van der Waals surface area (Å²) in [6.07, 6.45) is 0. The third-order valence-corrected chi connectivity index (χ3v) is 22.8. The van der Waals surface area contributed by atoms with Gasteiger partial charge in [-0.2, -0.15) is 0 Å². The summed E-state index contributed by atoms with van der Waals surface area (Å²) in [5.74, 6) is 2.78. The number of thiophene rings is 2. The number of aromatic nitrogens is 5. The molecular weight excluding hydrogens is 1260 g/mol. The van der Waals surface area contributed by atoms with Crippen LogP contribution in [0, 0.1) is 0 Å². The fraction of sp³-hybridized carbons (Fsp3) is 0. The molecule has 0 saturated heterocycles. The van der Waals surface area contributed by atoms with E-state index in [1.807, 2.05) is 28.7 Å². The molecule has 4 heterocycles. The zero-order valence-corrected chi connectivity index (χ0v) is 55.9. The molecule has 21 rings (SSSR count). The molecule has 5 nitrogen and oxygen atoms in total. The highest BCUT2D eigenvalue weighted by atomic mass is 32.1. The lowest BCUT2D eigenvalue weighted by Crippen LogP contribution is -2.01. The Labute approximate surface area is 588 Å². The van der Waals surface area contributed by atoms with Gasteiger partial charge < -0.3 is 0 Å². The third-order valence-electron chi connectivity index (χ3n) is 20.6. The Kier molecular flexibility index (Phi) is 13.0. The van der Waals surface area contributed by atoms with Crippen LogP contribution in [0.2, 0.25) is 0 Å². The fourth-order valence-corrected chi connectivity index (χ4v) is 18.2. The van der Waals surface area contributed by atoms with E-state index in [4.69, 9.17) is 19.9 Å². The van der Waals surface area contributed by atoms with Crippen molar-refractivity contribution in [1.82, 2.24) is 24.5 Å². The summed E-state index contributed by atoms with van der Waals surface area (Å²) in [6.45, 7) is 0. The molecule has 4 aromatic heterocycles. The highest BCUT2D eigenvalue weighted by molar-refractivity contribution is 7.26. The van der Waals surface area contributed by atoms with Crippen LogP contribution in [0.1, 0.15) is 0 Å². The van der Waals surface area contributed by atoms with Crippen LogP contribution in [-0.2, 0) is 0 Å². The molecule has 0 unspecified atom stereocenters. The SMILES string of the molecule is c1ccc(-c2nc(-c3cccc(-c4cccc5cc6c(cc45)sc4ccc(-c5c7ccccc7c(-c7ccc(-n8c(-c9ccccc9)nc9ccccc98)cc7)c7ccccc57)cc46)c3)nc(-c3c4ccccc4c(-c4ccc5sc6cc7ccccc7cc6c5c4)c4ccccc34)n2)cc1. The third kappa shape index (κ3) is 9.28. The summed E-state index contributed by atoms with van der Waals surface area (Å²) in [4.78, 5) is 21.5. The first-order valence-electron chi connectivity index (χ1n) is 34.2. The van der Waals surface area contributed by atoms with Gasteiger partial charge in [0.2, 0.25) is 0 Å². The second-order valence-corrected chi connectivity index (χ2v) is 28.5. The minimum atomic E-state index is 0.611. The van der Waals surface area contributed by atoms with E-state index in [2.05, 4.69) is 332 Å². The second kappa shape index (κ2) is 22.9. The summed E-state index contributed by atoms with van der Waals surface area (Å²) in [5.41, 5.74) is 16.5. The number of imidazole rings is 1. The van der Waals surface area contributed by atoms with E-state index < -0.39 is 0 Å². The Morgan fingerprint density at radius 3 is 1.25 bits per heavy atom. The minimum absolute atomic E-state index is 0.611. The fourth-order valence-electron chi connectivity index (χ4n) is 16.0. The van der Waals surface area contributed by atoms with Crippen molar-refractivity contribution in [3.63, 3.8) is 0 Å². The maximum absolute atomic E-state index is 5.55. The zero-order chi connectivity index (χ0) is 66.2. The number of rotatable bonds is 9. The van der Waals surface area contributed by atoms with E-state index in [-0.39, 0.29) is 0 Å². The van der Waals surface area contributed by atoms with E-state index in [1.165, 1.54) is 117 Å². The molecule has 0 amide bonds. The summed E-state index contributed by atoms with van der Waals surface area (Å²) in [7, 11) is 0. The molecule has 0 N–H and O–H groups in total. The lowest BCUT2D eigenvalue weighted by Gasteiger charge is -2.18. The van der Waals surface area contributed by atoms with Crippen LogP contribution in [0.25, 0.3) is 212 Å². The average Bonchev–Trinajstić information content (AvgIpc) is 0.808. The second-order valence-electron chi connectivity index (χ2n) is 26.3. The van der Waals surface area contributed by atoms with Crippen LogP contribution in [-0.4, -0.2) is 24.5 Å². The highest BCUT2D eigenvalue weighted by Gasteiger charge is 2.24. The molecule has 17 aromatic carbocycles. The van der Waals surface area contributed by atoms with Gasteiger partial charge in [-0.1, -0.05) is 255 Å². The highest BCUT2D eigenvalue weighted by Crippen LogP contribution is 2.49. The first-order chi connectivity index (χ1) is 50.0.